The van der Waals surface area contributed by atoms with Crippen LogP contribution < -0.4 is 5.32 Å². The molecule has 0 bridgehead atoms. The number of hydrogen-bond acceptors (Lipinski definition) is 1. The Balaban J connectivity index is 2.15. The first-order chi connectivity index (χ1) is 7.53. The molecule has 1 N–H and O–H groups in total. The van der Waals surface area contributed by atoms with Crippen LogP contribution in [0.25, 0.3) is 0 Å². The van der Waals surface area contributed by atoms with Crippen molar-refractivity contribution in [3.05, 3.63) is 0 Å². The zero-order valence-corrected chi connectivity index (χ0v) is 11.9. The highest BCUT2D eigenvalue weighted by atomic mass is 35.5. The van der Waals surface area contributed by atoms with Gasteiger partial charge < -0.3 is 5.32 Å². The topological polar surface area (TPSA) is 12.0 Å². The minimum absolute atomic E-state index is 0.450. The fraction of sp³-hybridized carbons (Fsp3) is 1.00. The largest absolute Gasteiger partial charge is 0.316 e. The van der Waals surface area contributed by atoms with Gasteiger partial charge >= 0.3 is 0 Å². The van der Waals surface area contributed by atoms with Crippen LogP contribution in [0, 0.1) is 17.3 Å². The van der Waals surface area contributed by atoms with Gasteiger partial charge in [-0.2, -0.15) is 0 Å². The van der Waals surface area contributed by atoms with Crippen molar-refractivity contribution in [2.24, 2.45) is 17.3 Å². The molecular weight excluding hydrogens is 218 g/mol. The Morgan fingerprint density at radius 3 is 2.31 bits per heavy atom. The summed E-state index contributed by atoms with van der Waals surface area (Å²) in [5.41, 5.74) is 0.450. The molecule has 0 aliphatic heterocycles. The number of halogens is 1. The lowest BCUT2D eigenvalue weighted by atomic mass is 9.80. The Morgan fingerprint density at radius 2 is 1.75 bits per heavy atom. The van der Waals surface area contributed by atoms with E-state index in [1.807, 2.05) is 0 Å². The molecule has 0 saturated heterocycles. The van der Waals surface area contributed by atoms with Gasteiger partial charge in [-0.1, -0.05) is 33.6 Å². The summed E-state index contributed by atoms with van der Waals surface area (Å²) in [6, 6.07) is 0. The molecule has 2 heteroatoms. The molecule has 0 aromatic heterocycles. The molecule has 0 spiro atoms. The Morgan fingerprint density at radius 1 is 1.12 bits per heavy atom. The summed E-state index contributed by atoms with van der Waals surface area (Å²) in [6.07, 6.45) is 6.76. The first-order valence-electron chi connectivity index (χ1n) is 6.79. The van der Waals surface area contributed by atoms with Crippen molar-refractivity contribution in [3.63, 3.8) is 0 Å². The summed E-state index contributed by atoms with van der Waals surface area (Å²) in [6.45, 7) is 9.23. The van der Waals surface area contributed by atoms with Crippen LogP contribution in [-0.2, 0) is 0 Å². The molecule has 0 aromatic rings. The first kappa shape index (κ1) is 14.3. The lowest BCUT2D eigenvalue weighted by molar-refractivity contribution is 0.246. The Hall–Kier alpha value is 0.250. The molecule has 16 heavy (non-hydrogen) atoms. The molecule has 1 aliphatic carbocycles. The molecule has 0 radical (unpaired) electrons. The van der Waals surface area contributed by atoms with Gasteiger partial charge in [0, 0.05) is 5.88 Å². The van der Waals surface area contributed by atoms with E-state index in [1.165, 1.54) is 38.6 Å². The molecule has 0 aromatic carbocycles. The summed E-state index contributed by atoms with van der Waals surface area (Å²) >= 11 is 6.03. The van der Waals surface area contributed by atoms with E-state index in [-0.39, 0.29) is 0 Å². The average molecular weight is 246 g/mol. The molecule has 2 unspecified atom stereocenters. The molecular formula is C14H28ClN. The maximum atomic E-state index is 6.03. The number of hydrogen-bond donors (Lipinski definition) is 1. The molecule has 0 amide bonds. The number of alkyl halides is 1. The zero-order chi connectivity index (χ0) is 12.0. The van der Waals surface area contributed by atoms with E-state index in [4.69, 9.17) is 11.6 Å². The fourth-order valence-electron chi connectivity index (χ4n) is 2.51. The van der Waals surface area contributed by atoms with E-state index >= 15 is 0 Å². The van der Waals surface area contributed by atoms with Crippen molar-refractivity contribution in [3.8, 4) is 0 Å². The molecule has 96 valence electrons. The maximum absolute atomic E-state index is 6.03. The molecule has 1 rings (SSSR count). The normalized spacial score (nSPS) is 27.0. The van der Waals surface area contributed by atoms with Crippen LogP contribution in [0.15, 0.2) is 0 Å². The first-order valence-corrected chi connectivity index (χ1v) is 7.33. The van der Waals surface area contributed by atoms with Gasteiger partial charge in [0.2, 0.25) is 0 Å². The highest BCUT2D eigenvalue weighted by Gasteiger charge is 2.23. The highest BCUT2D eigenvalue weighted by Crippen LogP contribution is 2.30. The third-order valence-electron chi connectivity index (χ3n) is 3.72. The van der Waals surface area contributed by atoms with Crippen molar-refractivity contribution in [1.29, 1.82) is 0 Å². The smallest absolute Gasteiger partial charge is 0.0254 e. The van der Waals surface area contributed by atoms with E-state index in [0.29, 0.717) is 5.41 Å². The van der Waals surface area contributed by atoms with E-state index in [1.54, 1.807) is 0 Å². The van der Waals surface area contributed by atoms with Crippen LogP contribution in [0.4, 0.5) is 0 Å². The second-order valence-corrected chi connectivity index (χ2v) is 6.78. The average Bonchev–Trinajstić information content (AvgIpc) is 2.23. The Bertz CT molecular complexity index is 186. The van der Waals surface area contributed by atoms with Crippen LogP contribution >= 0.6 is 11.6 Å². The van der Waals surface area contributed by atoms with E-state index in [2.05, 4.69) is 26.1 Å². The Labute approximate surface area is 106 Å². The molecule has 2 atom stereocenters. The quantitative estimate of drug-likeness (QED) is 0.569. The van der Waals surface area contributed by atoms with Gasteiger partial charge in [-0.05, 0) is 49.6 Å². The van der Waals surface area contributed by atoms with Crippen LogP contribution in [0.2, 0.25) is 0 Å². The van der Waals surface area contributed by atoms with E-state index < -0.39 is 0 Å². The third-order valence-corrected chi connectivity index (χ3v) is 4.12. The summed E-state index contributed by atoms with van der Waals surface area (Å²) in [5, 5.41) is 3.62. The molecule has 1 saturated carbocycles. The van der Waals surface area contributed by atoms with Crippen LogP contribution in [0.5, 0.6) is 0 Å². The standard InChI is InChI=1S/C14H28ClN/c1-14(2,3)8-9-16-11-13-7-5-4-6-12(13)10-15/h12-13,16H,4-11H2,1-3H3. The highest BCUT2D eigenvalue weighted by molar-refractivity contribution is 6.18. The lowest BCUT2D eigenvalue weighted by Crippen LogP contribution is -2.32. The minimum Gasteiger partial charge on any atom is -0.316 e. The zero-order valence-electron chi connectivity index (χ0n) is 11.2. The van der Waals surface area contributed by atoms with Crippen molar-refractivity contribution in [1.82, 2.24) is 5.32 Å². The SMILES string of the molecule is CC(C)(C)CCNCC1CCCCC1CCl. The second kappa shape index (κ2) is 6.86. The molecule has 1 fully saturated rings. The predicted molar refractivity (Wildman–Crippen MR) is 73.1 cm³/mol. The van der Waals surface area contributed by atoms with Gasteiger partial charge in [0.1, 0.15) is 0 Å². The summed E-state index contributed by atoms with van der Waals surface area (Å²) in [7, 11) is 0. The molecule has 0 heterocycles. The second-order valence-electron chi connectivity index (χ2n) is 6.47. The van der Waals surface area contributed by atoms with E-state index in [0.717, 1.165) is 24.3 Å². The molecule has 1 aliphatic rings. The van der Waals surface area contributed by atoms with Gasteiger partial charge in [-0.25, -0.2) is 0 Å². The van der Waals surface area contributed by atoms with Crippen molar-refractivity contribution >= 4 is 11.6 Å². The van der Waals surface area contributed by atoms with Gasteiger partial charge in [0.25, 0.3) is 0 Å². The Kier molecular flexibility index (Phi) is 6.13. The summed E-state index contributed by atoms with van der Waals surface area (Å²) in [4.78, 5) is 0. The summed E-state index contributed by atoms with van der Waals surface area (Å²) in [5.74, 6) is 2.44. The van der Waals surface area contributed by atoms with Crippen LogP contribution in [0.1, 0.15) is 52.9 Å². The monoisotopic (exact) mass is 245 g/mol. The minimum atomic E-state index is 0.450. The summed E-state index contributed by atoms with van der Waals surface area (Å²) < 4.78 is 0. The molecule has 1 nitrogen and oxygen atoms in total. The van der Waals surface area contributed by atoms with Gasteiger partial charge in [-0.15, -0.1) is 11.6 Å². The lowest BCUT2D eigenvalue weighted by Gasteiger charge is -2.30. The van der Waals surface area contributed by atoms with Crippen LogP contribution in [-0.4, -0.2) is 19.0 Å². The maximum Gasteiger partial charge on any atom is 0.0254 e. The van der Waals surface area contributed by atoms with Gasteiger partial charge in [-0.3, -0.25) is 0 Å². The predicted octanol–water partition coefficient (Wildman–Crippen LogP) is 4.06. The van der Waals surface area contributed by atoms with E-state index in [9.17, 15) is 0 Å². The van der Waals surface area contributed by atoms with Gasteiger partial charge in [0.05, 0.1) is 0 Å². The van der Waals surface area contributed by atoms with Crippen molar-refractivity contribution < 1.29 is 0 Å². The van der Waals surface area contributed by atoms with Gasteiger partial charge in [0.15, 0.2) is 0 Å². The number of nitrogens with one attached hydrogen (secondary N) is 1. The fourth-order valence-corrected chi connectivity index (χ4v) is 2.91. The van der Waals surface area contributed by atoms with Crippen LogP contribution in [0.3, 0.4) is 0 Å². The van der Waals surface area contributed by atoms with Crippen molar-refractivity contribution in [2.75, 3.05) is 19.0 Å². The number of rotatable bonds is 5. The van der Waals surface area contributed by atoms with Crippen molar-refractivity contribution in [2.45, 2.75) is 52.9 Å². The third kappa shape index (κ3) is 5.54.